The van der Waals surface area contributed by atoms with Crippen LogP contribution in [0.5, 0.6) is 0 Å². The molecule has 1 amide bonds. The Morgan fingerprint density at radius 3 is 2.70 bits per heavy atom. The Labute approximate surface area is 204 Å². The third kappa shape index (κ3) is 3.74. The summed E-state index contributed by atoms with van der Waals surface area (Å²) in [6.07, 6.45) is 7.94. The highest BCUT2D eigenvalue weighted by molar-refractivity contribution is 7.91. The van der Waals surface area contributed by atoms with Gasteiger partial charge in [0.25, 0.3) is 10.0 Å². The Hall–Kier alpha value is -1.15. The van der Waals surface area contributed by atoms with Crippen molar-refractivity contribution in [1.82, 2.24) is 9.62 Å². The SMILES string of the molecule is Cc1c(S(=O)(=O)N2CCC(CNC(=O)C34CC5CC(C5)CC(C3)C4)C2)sc2ccc(Cl)cc12. The molecule has 1 unspecified atom stereocenters. The van der Waals surface area contributed by atoms with Gasteiger partial charge in [-0.05, 0) is 105 Å². The smallest absolute Gasteiger partial charge is 0.252 e. The third-order valence-corrected chi connectivity index (χ3v) is 12.7. The van der Waals surface area contributed by atoms with Crippen LogP contribution >= 0.6 is 22.9 Å². The predicted octanol–water partition coefficient (Wildman–Crippen LogP) is 5.21. The van der Waals surface area contributed by atoms with Crippen LogP contribution in [-0.4, -0.2) is 38.3 Å². The lowest BCUT2D eigenvalue weighted by Crippen LogP contribution is -2.55. The summed E-state index contributed by atoms with van der Waals surface area (Å²) in [5, 5.41) is 4.76. The summed E-state index contributed by atoms with van der Waals surface area (Å²) in [5.41, 5.74) is 0.635. The van der Waals surface area contributed by atoms with E-state index in [1.54, 1.807) is 10.4 Å². The number of carbonyl (C=O) groups is 1. The van der Waals surface area contributed by atoms with Crippen LogP contribution in [0.1, 0.15) is 50.5 Å². The lowest BCUT2D eigenvalue weighted by Gasteiger charge is -2.56. The Morgan fingerprint density at radius 2 is 1.91 bits per heavy atom. The lowest BCUT2D eigenvalue weighted by atomic mass is 9.49. The van der Waals surface area contributed by atoms with Gasteiger partial charge in [-0.15, -0.1) is 11.3 Å². The monoisotopic (exact) mass is 506 g/mol. The molecule has 1 aromatic carbocycles. The fraction of sp³-hybridized carbons (Fsp3) is 0.640. The number of sulfonamides is 1. The molecule has 5 nitrogen and oxygen atoms in total. The number of halogens is 1. The number of thiophene rings is 1. The van der Waals surface area contributed by atoms with E-state index in [1.165, 1.54) is 30.6 Å². The number of carbonyl (C=O) groups excluding carboxylic acids is 1. The maximum atomic E-state index is 13.4. The minimum atomic E-state index is -3.56. The molecule has 33 heavy (non-hydrogen) atoms. The number of hydrogen-bond acceptors (Lipinski definition) is 4. The van der Waals surface area contributed by atoms with E-state index in [1.807, 2.05) is 19.1 Å². The molecular formula is C25H31ClN2O3S2. The Balaban J connectivity index is 1.10. The van der Waals surface area contributed by atoms with E-state index < -0.39 is 10.0 Å². The molecule has 9 rings (SSSR count). The van der Waals surface area contributed by atoms with Gasteiger partial charge in [-0.2, -0.15) is 4.31 Å². The van der Waals surface area contributed by atoms with E-state index in [2.05, 4.69) is 5.32 Å². The second-order valence-corrected chi connectivity index (χ2v) is 14.7. The van der Waals surface area contributed by atoms with Crippen LogP contribution in [0.15, 0.2) is 22.4 Å². The van der Waals surface area contributed by atoms with Gasteiger partial charge in [0.05, 0.1) is 0 Å². The normalized spacial score (nSPS) is 33.8. The summed E-state index contributed by atoms with van der Waals surface area (Å²) < 4.78 is 29.8. The number of amides is 1. The van der Waals surface area contributed by atoms with Gasteiger partial charge < -0.3 is 5.32 Å². The molecule has 7 fully saturated rings. The van der Waals surface area contributed by atoms with Gasteiger partial charge in [-0.25, -0.2) is 8.42 Å². The summed E-state index contributed by atoms with van der Waals surface area (Å²) >= 11 is 7.45. The molecule has 1 aliphatic heterocycles. The number of hydrogen-bond donors (Lipinski definition) is 1. The highest BCUT2D eigenvalue weighted by Crippen LogP contribution is 2.60. The molecule has 1 atom stereocenters. The highest BCUT2D eigenvalue weighted by Gasteiger charge is 2.55. The molecule has 2 heterocycles. The summed E-state index contributed by atoms with van der Waals surface area (Å²) in [7, 11) is -3.56. The second kappa shape index (κ2) is 7.94. The first-order valence-corrected chi connectivity index (χ1v) is 14.8. The van der Waals surface area contributed by atoms with E-state index in [9.17, 15) is 13.2 Å². The van der Waals surface area contributed by atoms with Gasteiger partial charge in [-0.1, -0.05) is 11.6 Å². The molecule has 6 aliphatic carbocycles. The molecule has 8 heteroatoms. The largest absolute Gasteiger partial charge is 0.355 e. The average molecular weight is 507 g/mol. The molecule has 178 valence electrons. The Bertz CT molecular complexity index is 1210. The number of nitrogens with one attached hydrogen (secondary N) is 1. The van der Waals surface area contributed by atoms with Crippen LogP contribution in [0.4, 0.5) is 0 Å². The number of fused-ring (bicyclic) bond motifs is 1. The minimum Gasteiger partial charge on any atom is -0.355 e. The van der Waals surface area contributed by atoms with Crippen LogP contribution in [0, 0.1) is 36.0 Å². The lowest BCUT2D eigenvalue weighted by molar-refractivity contribution is -0.148. The van der Waals surface area contributed by atoms with Gasteiger partial charge in [0, 0.05) is 34.8 Å². The van der Waals surface area contributed by atoms with Gasteiger partial charge in [0.15, 0.2) is 0 Å². The van der Waals surface area contributed by atoms with E-state index in [0.717, 1.165) is 59.1 Å². The van der Waals surface area contributed by atoms with Crippen molar-refractivity contribution in [3.63, 3.8) is 0 Å². The topological polar surface area (TPSA) is 66.5 Å². The molecular weight excluding hydrogens is 476 g/mol. The maximum absolute atomic E-state index is 13.4. The van der Waals surface area contributed by atoms with E-state index >= 15 is 0 Å². The zero-order chi connectivity index (χ0) is 23.0. The molecule has 2 aromatic rings. The first kappa shape index (κ1) is 22.3. The molecule has 4 bridgehead atoms. The van der Waals surface area contributed by atoms with Crippen molar-refractivity contribution in [2.45, 2.75) is 56.1 Å². The summed E-state index contributed by atoms with van der Waals surface area (Å²) in [5.74, 6) is 2.81. The van der Waals surface area contributed by atoms with Gasteiger partial charge in [0.2, 0.25) is 5.91 Å². The van der Waals surface area contributed by atoms with Crippen LogP contribution in [0.3, 0.4) is 0 Å². The molecule has 0 spiro atoms. The fourth-order valence-corrected chi connectivity index (χ4v) is 10.6. The number of benzene rings is 1. The minimum absolute atomic E-state index is 0.138. The summed E-state index contributed by atoms with van der Waals surface area (Å²) in [6, 6.07) is 5.53. The Kier molecular flexibility index (Phi) is 5.37. The van der Waals surface area contributed by atoms with Crippen molar-refractivity contribution in [3.8, 4) is 0 Å². The number of aryl methyl sites for hydroxylation is 1. The second-order valence-electron chi connectivity index (χ2n) is 11.1. The first-order valence-electron chi connectivity index (χ1n) is 12.2. The zero-order valence-corrected chi connectivity index (χ0v) is 21.4. The third-order valence-electron chi connectivity index (χ3n) is 8.75. The van der Waals surface area contributed by atoms with E-state index in [-0.39, 0.29) is 17.2 Å². The van der Waals surface area contributed by atoms with Crippen molar-refractivity contribution in [2.75, 3.05) is 19.6 Å². The maximum Gasteiger partial charge on any atom is 0.252 e. The zero-order valence-electron chi connectivity index (χ0n) is 19.0. The van der Waals surface area contributed by atoms with E-state index in [0.29, 0.717) is 28.9 Å². The molecule has 1 N–H and O–H groups in total. The van der Waals surface area contributed by atoms with Crippen molar-refractivity contribution < 1.29 is 13.2 Å². The van der Waals surface area contributed by atoms with E-state index in [4.69, 9.17) is 11.6 Å². The van der Waals surface area contributed by atoms with Crippen molar-refractivity contribution in [3.05, 3.63) is 28.8 Å². The van der Waals surface area contributed by atoms with Crippen LogP contribution in [-0.2, 0) is 14.8 Å². The number of nitrogens with zero attached hydrogens (tertiary/aromatic N) is 1. The van der Waals surface area contributed by atoms with Gasteiger partial charge >= 0.3 is 0 Å². The molecule has 6 saturated carbocycles. The number of rotatable bonds is 5. The van der Waals surface area contributed by atoms with Crippen molar-refractivity contribution in [2.24, 2.45) is 29.1 Å². The van der Waals surface area contributed by atoms with Crippen molar-refractivity contribution >= 4 is 49.0 Å². The predicted molar refractivity (Wildman–Crippen MR) is 132 cm³/mol. The summed E-state index contributed by atoms with van der Waals surface area (Å²) in [6.45, 7) is 3.41. The highest BCUT2D eigenvalue weighted by atomic mass is 35.5. The Morgan fingerprint density at radius 1 is 1.18 bits per heavy atom. The van der Waals surface area contributed by atoms with Gasteiger partial charge in [0.1, 0.15) is 4.21 Å². The van der Waals surface area contributed by atoms with Crippen LogP contribution < -0.4 is 5.32 Å². The molecule has 0 radical (unpaired) electrons. The summed E-state index contributed by atoms with van der Waals surface area (Å²) in [4.78, 5) is 13.2. The van der Waals surface area contributed by atoms with Crippen LogP contribution in [0.25, 0.3) is 10.1 Å². The van der Waals surface area contributed by atoms with Crippen molar-refractivity contribution in [1.29, 1.82) is 0 Å². The standard InChI is InChI=1S/C25H31ClN2O3S2/c1-15-21-9-20(26)2-3-22(21)32-23(15)33(30,31)28-5-4-16(14-28)13-27-24(29)25-10-18-6-17(7-18)8-19(11-25)12-25/h2-3,9,16-19H,4-8,10-14H2,1H3,(H,27,29). The van der Waals surface area contributed by atoms with Crippen LogP contribution in [0.2, 0.25) is 5.02 Å². The molecule has 1 aromatic heterocycles. The average Bonchev–Trinajstić information content (AvgIpc) is 3.29. The quantitative estimate of drug-likeness (QED) is 0.605. The molecule has 1 saturated heterocycles. The van der Waals surface area contributed by atoms with Gasteiger partial charge in [-0.3, -0.25) is 4.79 Å². The fourth-order valence-electron chi connectivity index (χ4n) is 7.05. The first-order chi connectivity index (χ1) is 15.7. The molecule has 7 aliphatic rings.